The fraction of sp³-hybridized carbons (Fsp3) is 0.200. The fourth-order valence-electron chi connectivity index (χ4n) is 2.31. The zero-order valence-corrected chi connectivity index (χ0v) is 11.3. The average molecular weight is 292 g/mol. The predicted octanol–water partition coefficient (Wildman–Crippen LogP) is 3.35. The van der Waals surface area contributed by atoms with Crippen LogP contribution in [0.3, 0.4) is 0 Å². The second-order valence-electron chi connectivity index (χ2n) is 4.66. The molecule has 0 aliphatic heterocycles. The topological polar surface area (TPSA) is 21.7 Å². The van der Waals surface area contributed by atoms with E-state index in [1.165, 1.54) is 12.1 Å². The van der Waals surface area contributed by atoms with E-state index in [2.05, 4.69) is 4.98 Å². The van der Waals surface area contributed by atoms with E-state index < -0.39 is 11.7 Å². The first kappa shape index (κ1) is 13.6. The molecular formula is C15H13F3N3+. The molecule has 2 heterocycles. The van der Waals surface area contributed by atoms with Gasteiger partial charge in [-0.25, -0.2) is 9.55 Å². The van der Waals surface area contributed by atoms with Gasteiger partial charge in [0.05, 0.1) is 12.1 Å². The van der Waals surface area contributed by atoms with Crippen molar-refractivity contribution < 1.29 is 17.7 Å². The van der Waals surface area contributed by atoms with Crippen LogP contribution in [0.5, 0.6) is 0 Å². The lowest BCUT2D eigenvalue weighted by atomic mass is 10.2. The quantitative estimate of drug-likeness (QED) is 0.664. The first-order valence-corrected chi connectivity index (χ1v) is 6.54. The average Bonchev–Trinajstić information content (AvgIpc) is 2.85. The van der Waals surface area contributed by atoms with Gasteiger partial charge in [0.2, 0.25) is 0 Å². The van der Waals surface area contributed by atoms with Crippen LogP contribution in [0.4, 0.5) is 13.2 Å². The molecule has 0 aliphatic carbocycles. The maximum absolute atomic E-state index is 12.6. The van der Waals surface area contributed by atoms with Crippen LogP contribution in [0, 0.1) is 0 Å². The van der Waals surface area contributed by atoms with Crippen LogP contribution in [-0.2, 0) is 12.7 Å². The Labute approximate surface area is 119 Å². The van der Waals surface area contributed by atoms with Gasteiger partial charge in [-0.2, -0.15) is 17.7 Å². The zero-order chi connectivity index (χ0) is 15.0. The van der Waals surface area contributed by atoms with Gasteiger partial charge in [0, 0.05) is 6.20 Å². The van der Waals surface area contributed by atoms with Crippen LogP contribution in [0.25, 0.3) is 16.9 Å². The normalized spacial score (nSPS) is 12.0. The van der Waals surface area contributed by atoms with Gasteiger partial charge < -0.3 is 0 Å². The molecule has 0 saturated carbocycles. The van der Waals surface area contributed by atoms with Gasteiger partial charge in [-0.05, 0) is 43.3 Å². The van der Waals surface area contributed by atoms with E-state index >= 15 is 0 Å². The van der Waals surface area contributed by atoms with Crippen LogP contribution < -0.4 is 4.57 Å². The number of alkyl halides is 3. The number of nitrogens with zero attached hydrogens (tertiary/aromatic N) is 3. The van der Waals surface area contributed by atoms with Gasteiger partial charge in [-0.3, -0.25) is 0 Å². The van der Waals surface area contributed by atoms with Crippen molar-refractivity contribution in [3.63, 3.8) is 0 Å². The van der Waals surface area contributed by atoms with Crippen LogP contribution in [0.2, 0.25) is 0 Å². The van der Waals surface area contributed by atoms with Gasteiger partial charge in [0.15, 0.2) is 5.52 Å². The summed E-state index contributed by atoms with van der Waals surface area (Å²) in [7, 11) is 0. The second kappa shape index (κ2) is 4.87. The first-order valence-electron chi connectivity index (χ1n) is 6.54. The molecule has 0 bridgehead atoms. The largest absolute Gasteiger partial charge is 0.416 e. The Morgan fingerprint density at radius 2 is 1.86 bits per heavy atom. The number of pyridine rings is 1. The van der Waals surface area contributed by atoms with E-state index in [0.717, 1.165) is 29.8 Å². The highest BCUT2D eigenvalue weighted by molar-refractivity contribution is 5.69. The molecule has 0 atom stereocenters. The van der Waals surface area contributed by atoms with Crippen molar-refractivity contribution in [2.75, 3.05) is 0 Å². The summed E-state index contributed by atoms with van der Waals surface area (Å²) in [5.74, 6) is 0. The molecule has 0 fully saturated rings. The van der Waals surface area contributed by atoms with E-state index in [9.17, 15) is 13.2 Å². The van der Waals surface area contributed by atoms with Crippen LogP contribution >= 0.6 is 0 Å². The second-order valence-corrected chi connectivity index (χ2v) is 4.66. The summed E-state index contributed by atoms with van der Waals surface area (Å²) >= 11 is 0. The molecule has 1 aromatic carbocycles. The maximum Gasteiger partial charge on any atom is 0.416 e. The molecule has 2 aromatic heterocycles. The Morgan fingerprint density at radius 3 is 2.48 bits per heavy atom. The SMILES string of the molecule is CC[n+]1cn(-c2ccc(C(F)(F)F)cc2)c2ncccc21. The lowest BCUT2D eigenvalue weighted by Crippen LogP contribution is -2.30. The fourth-order valence-corrected chi connectivity index (χ4v) is 2.31. The Morgan fingerprint density at radius 1 is 1.14 bits per heavy atom. The molecule has 0 unspecified atom stereocenters. The smallest absolute Gasteiger partial charge is 0.228 e. The molecule has 6 heteroatoms. The van der Waals surface area contributed by atoms with Gasteiger partial charge in [0.25, 0.3) is 12.0 Å². The molecule has 0 N–H and O–H groups in total. The minimum atomic E-state index is -4.32. The Hall–Kier alpha value is -2.37. The third-order valence-corrected chi connectivity index (χ3v) is 3.37. The summed E-state index contributed by atoms with van der Waals surface area (Å²) in [4.78, 5) is 4.32. The summed E-state index contributed by atoms with van der Waals surface area (Å²) in [5, 5.41) is 0. The molecule has 0 saturated heterocycles. The van der Waals surface area contributed by atoms with Crippen LogP contribution in [0.15, 0.2) is 48.9 Å². The molecule has 0 aliphatic rings. The molecule has 3 aromatic rings. The number of halogens is 3. The van der Waals surface area contributed by atoms with Gasteiger partial charge in [-0.1, -0.05) is 0 Å². The number of benzene rings is 1. The maximum atomic E-state index is 12.6. The number of hydrogen-bond acceptors (Lipinski definition) is 1. The van der Waals surface area contributed by atoms with E-state index in [1.807, 2.05) is 30.0 Å². The Kier molecular flexibility index (Phi) is 3.16. The molecule has 3 rings (SSSR count). The monoisotopic (exact) mass is 292 g/mol. The molecule has 0 amide bonds. The standard InChI is InChI=1S/C15H13F3N3/c1-2-20-10-21(14-13(20)4-3-9-19-14)12-7-5-11(6-8-12)15(16,17)18/h3-10H,2H2,1H3/q+1. The van der Waals surface area contributed by atoms with Crippen molar-refractivity contribution in [1.82, 2.24) is 9.55 Å². The molecule has 3 nitrogen and oxygen atoms in total. The molecule has 0 radical (unpaired) electrons. The number of imidazole rings is 1. The Bertz CT molecular complexity index is 773. The highest BCUT2D eigenvalue weighted by Crippen LogP contribution is 2.29. The van der Waals surface area contributed by atoms with E-state index in [-0.39, 0.29) is 0 Å². The Balaban J connectivity index is 2.12. The molecule has 108 valence electrons. The first-order chi connectivity index (χ1) is 10.0. The number of rotatable bonds is 2. The number of aryl methyl sites for hydroxylation is 1. The highest BCUT2D eigenvalue weighted by Gasteiger charge is 2.30. The highest BCUT2D eigenvalue weighted by atomic mass is 19.4. The van der Waals surface area contributed by atoms with Gasteiger partial charge >= 0.3 is 6.18 Å². The third-order valence-electron chi connectivity index (χ3n) is 3.37. The molecular weight excluding hydrogens is 279 g/mol. The molecule has 0 spiro atoms. The number of fused-ring (bicyclic) bond motifs is 1. The minimum absolute atomic E-state index is 0.652. The van der Waals surface area contributed by atoms with Crippen molar-refractivity contribution in [3.05, 3.63) is 54.5 Å². The summed E-state index contributed by atoms with van der Waals surface area (Å²) in [6.07, 6.45) is -0.804. The van der Waals surface area contributed by atoms with E-state index in [4.69, 9.17) is 0 Å². The zero-order valence-electron chi connectivity index (χ0n) is 11.3. The number of hydrogen-bond donors (Lipinski definition) is 0. The van der Waals surface area contributed by atoms with Crippen molar-refractivity contribution in [2.24, 2.45) is 0 Å². The summed E-state index contributed by atoms with van der Waals surface area (Å²) < 4.78 is 41.6. The summed E-state index contributed by atoms with van der Waals surface area (Å²) in [6.45, 7) is 2.76. The van der Waals surface area contributed by atoms with Crippen molar-refractivity contribution >= 4 is 11.2 Å². The lowest BCUT2D eigenvalue weighted by Gasteiger charge is -2.06. The van der Waals surface area contributed by atoms with Gasteiger partial charge in [0.1, 0.15) is 5.69 Å². The predicted molar refractivity (Wildman–Crippen MR) is 71.9 cm³/mol. The van der Waals surface area contributed by atoms with Crippen molar-refractivity contribution in [2.45, 2.75) is 19.6 Å². The number of aromatic nitrogens is 3. The van der Waals surface area contributed by atoms with Crippen molar-refractivity contribution in [3.8, 4) is 5.69 Å². The molecule has 21 heavy (non-hydrogen) atoms. The van der Waals surface area contributed by atoms with Gasteiger partial charge in [-0.15, -0.1) is 0 Å². The van der Waals surface area contributed by atoms with E-state index in [0.29, 0.717) is 5.69 Å². The van der Waals surface area contributed by atoms with Crippen molar-refractivity contribution in [1.29, 1.82) is 0 Å². The van der Waals surface area contributed by atoms with Crippen LogP contribution in [-0.4, -0.2) is 9.55 Å². The van der Waals surface area contributed by atoms with Crippen LogP contribution in [0.1, 0.15) is 12.5 Å². The van der Waals surface area contributed by atoms with E-state index in [1.54, 1.807) is 10.8 Å². The summed E-state index contributed by atoms with van der Waals surface area (Å²) in [5.41, 5.74) is 1.66. The lowest BCUT2D eigenvalue weighted by molar-refractivity contribution is -0.668. The summed E-state index contributed by atoms with van der Waals surface area (Å²) in [6, 6.07) is 8.85. The minimum Gasteiger partial charge on any atom is -0.228 e. The third kappa shape index (κ3) is 2.37.